The summed E-state index contributed by atoms with van der Waals surface area (Å²) < 4.78 is 5.35. The topological polar surface area (TPSA) is 21.3 Å². The molecule has 0 aromatic heterocycles. The van der Waals surface area contributed by atoms with Crippen LogP contribution < -0.4 is 10.1 Å². The number of ether oxygens (including phenoxy) is 1. The molecule has 1 heterocycles. The standard InChI is InChI=1S/C19H23NO/c1-12(2)14-5-7-17-16(10-14)11-18(20-17)15-6-8-19(21-4)13(3)9-15/h5-10,12,18,20H,11H2,1-4H3. The van der Waals surface area contributed by atoms with Crippen LogP contribution in [-0.2, 0) is 6.42 Å². The molecule has 0 saturated carbocycles. The Bertz CT molecular complexity index is 661. The van der Waals surface area contributed by atoms with Crippen molar-refractivity contribution in [3.8, 4) is 5.75 Å². The molecule has 110 valence electrons. The lowest BCUT2D eigenvalue weighted by Gasteiger charge is -2.14. The number of rotatable bonds is 3. The fraction of sp³-hybridized carbons (Fsp3) is 0.368. The molecule has 2 heteroatoms. The van der Waals surface area contributed by atoms with E-state index in [4.69, 9.17) is 4.74 Å². The van der Waals surface area contributed by atoms with Crippen molar-refractivity contribution in [1.29, 1.82) is 0 Å². The van der Waals surface area contributed by atoms with E-state index in [2.05, 4.69) is 62.5 Å². The van der Waals surface area contributed by atoms with Crippen LogP contribution in [0.4, 0.5) is 5.69 Å². The van der Waals surface area contributed by atoms with Crippen LogP contribution in [0, 0.1) is 6.92 Å². The first kappa shape index (κ1) is 14.0. The fourth-order valence-electron chi connectivity index (χ4n) is 3.06. The molecule has 0 saturated heterocycles. The molecule has 2 aromatic carbocycles. The van der Waals surface area contributed by atoms with Gasteiger partial charge in [0.05, 0.1) is 13.2 Å². The number of fused-ring (bicyclic) bond motifs is 1. The second kappa shape index (κ2) is 5.44. The second-order valence-electron chi connectivity index (χ2n) is 6.20. The summed E-state index contributed by atoms with van der Waals surface area (Å²) >= 11 is 0. The third-order valence-electron chi connectivity index (χ3n) is 4.37. The lowest BCUT2D eigenvalue weighted by molar-refractivity contribution is 0.411. The largest absolute Gasteiger partial charge is 0.496 e. The first-order valence-electron chi connectivity index (χ1n) is 7.62. The number of nitrogens with one attached hydrogen (secondary N) is 1. The lowest BCUT2D eigenvalue weighted by atomic mass is 9.97. The molecule has 1 N–H and O–H groups in total. The van der Waals surface area contributed by atoms with Crippen molar-refractivity contribution in [3.05, 3.63) is 58.7 Å². The van der Waals surface area contributed by atoms with Crippen molar-refractivity contribution in [2.24, 2.45) is 0 Å². The SMILES string of the molecule is COc1ccc(C2Cc3cc(C(C)C)ccc3N2)cc1C. The Labute approximate surface area is 127 Å². The lowest BCUT2D eigenvalue weighted by Crippen LogP contribution is -2.06. The van der Waals surface area contributed by atoms with E-state index in [0.29, 0.717) is 12.0 Å². The van der Waals surface area contributed by atoms with Crippen molar-refractivity contribution in [2.45, 2.75) is 39.2 Å². The highest BCUT2D eigenvalue weighted by atomic mass is 16.5. The van der Waals surface area contributed by atoms with Crippen LogP contribution in [0.3, 0.4) is 0 Å². The molecule has 1 unspecified atom stereocenters. The van der Waals surface area contributed by atoms with Gasteiger partial charge in [-0.25, -0.2) is 0 Å². The highest BCUT2D eigenvalue weighted by molar-refractivity contribution is 5.60. The highest BCUT2D eigenvalue weighted by Crippen LogP contribution is 2.36. The first-order valence-corrected chi connectivity index (χ1v) is 7.62. The fourth-order valence-corrected chi connectivity index (χ4v) is 3.06. The van der Waals surface area contributed by atoms with Gasteiger partial charge in [0, 0.05) is 5.69 Å². The Balaban J connectivity index is 1.85. The average molecular weight is 281 g/mol. The summed E-state index contributed by atoms with van der Waals surface area (Å²) in [7, 11) is 1.72. The number of hydrogen-bond donors (Lipinski definition) is 1. The zero-order valence-electron chi connectivity index (χ0n) is 13.2. The molecule has 0 bridgehead atoms. The zero-order chi connectivity index (χ0) is 15.0. The van der Waals surface area contributed by atoms with Gasteiger partial charge >= 0.3 is 0 Å². The van der Waals surface area contributed by atoms with Crippen molar-refractivity contribution < 1.29 is 4.74 Å². The van der Waals surface area contributed by atoms with E-state index >= 15 is 0 Å². The number of hydrogen-bond acceptors (Lipinski definition) is 2. The zero-order valence-corrected chi connectivity index (χ0v) is 13.2. The second-order valence-corrected chi connectivity index (χ2v) is 6.20. The van der Waals surface area contributed by atoms with E-state index in [1.807, 2.05) is 0 Å². The van der Waals surface area contributed by atoms with Crippen molar-refractivity contribution in [2.75, 3.05) is 12.4 Å². The van der Waals surface area contributed by atoms with E-state index in [1.165, 1.54) is 27.9 Å². The van der Waals surface area contributed by atoms with Gasteiger partial charge in [-0.3, -0.25) is 0 Å². The van der Waals surface area contributed by atoms with Crippen LogP contribution >= 0.6 is 0 Å². The average Bonchev–Trinajstić information content (AvgIpc) is 2.89. The third kappa shape index (κ3) is 2.63. The van der Waals surface area contributed by atoms with Gasteiger partial charge in [-0.2, -0.15) is 0 Å². The van der Waals surface area contributed by atoms with Crippen LogP contribution in [0.25, 0.3) is 0 Å². The number of anilines is 1. The summed E-state index contributed by atoms with van der Waals surface area (Å²) in [4.78, 5) is 0. The quantitative estimate of drug-likeness (QED) is 0.869. The molecule has 0 amide bonds. The normalized spacial score (nSPS) is 16.7. The summed E-state index contributed by atoms with van der Waals surface area (Å²) in [5.74, 6) is 1.54. The van der Waals surface area contributed by atoms with Gasteiger partial charge in [0.1, 0.15) is 5.75 Å². The minimum Gasteiger partial charge on any atom is -0.496 e. The van der Waals surface area contributed by atoms with Crippen LogP contribution in [0.1, 0.15) is 48.1 Å². The molecule has 2 aromatic rings. The number of methoxy groups -OCH3 is 1. The van der Waals surface area contributed by atoms with Crippen LogP contribution in [-0.4, -0.2) is 7.11 Å². The van der Waals surface area contributed by atoms with Gasteiger partial charge in [0.25, 0.3) is 0 Å². The molecule has 0 radical (unpaired) electrons. The molecule has 2 nitrogen and oxygen atoms in total. The summed E-state index contributed by atoms with van der Waals surface area (Å²) in [5, 5.41) is 3.64. The maximum atomic E-state index is 5.35. The minimum atomic E-state index is 0.368. The summed E-state index contributed by atoms with van der Waals surface area (Å²) in [6.07, 6.45) is 1.06. The molecule has 0 aliphatic carbocycles. The van der Waals surface area contributed by atoms with E-state index in [9.17, 15) is 0 Å². The van der Waals surface area contributed by atoms with Gasteiger partial charge in [-0.05, 0) is 53.6 Å². The minimum absolute atomic E-state index is 0.368. The van der Waals surface area contributed by atoms with Crippen molar-refractivity contribution in [3.63, 3.8) is 0 Å². The molecule has 1 aliphatic rings. The molecule has 21 heavy (non-hydrogen) atoms. The smallest absolute Gasteiger partial charge is 0.121 e. The molecule has 0 fully saturated rings. The number of aryl methyl sites for hydroxylation is 1. The van der Waals surface area contributed by atoms with Crippen molar-refractivity contribution in [1.82, 2.24) is 0 Å². The molecule has 3 rings (SSSR count). The van der Waals surface area contributed by atoms with Gasteiger partial charge < -0.3 is 10.1 Å². The maximum absolute atomic E-state index is 5.35. The predicted octanol–water partition coefficient (Wildman–Crippen LogP) is 4.84. The van der Waals surface area contributed by atoms with Gasteiger partial charge in [-0.1, -0.05) is 38.1 Å². The van der Waals surface area contributed by atoms with E-state index in [0.717, 1.165) is 12.2 Å². The van der Waals surface area contributed by atoms with Crippen LogP contribution in [0.15, 0.2) is 36.4 Å². The Kier molecular flexibility index (Phi) is 3.62. The molecular formula is C19H23NO. The van der Waals surface area contributed by atoms with Crippen LogP contribution in [0.2, 0.25) is 0 Å². The molecule has 1 atom stereocenters. The Morgan fingerprint density at radius 1 is 1.14 bits per heavy atom. The predicted molar refractivity (Wildman–Crippen MR) is 88.3 cm³/mol. The first-order chi connectivity index (χ1) is 10.1. The summed E-state index contributed by atoms with van der Waals surface area (Å²) in [6.45, 7) is 6.59. The van der Waals surface area contributed by atoms with Gasteiger partial charge in [-0.15, -0.1) is 0 Å². The number of benzene rings is 2. The van der Waals surface area contributed by atoms with E-state index < -0.39 is 0 Å². The Morgan fingerprint density at radius 2 is 1.95 bits per heavy atom. The molecule has 1 aliphatic heterocycles. The maximum Gasteiger partial charge on any atom is 0.121 e. The summed E-state index contributed by atoms with van der Waals surface area (Å²) in [6, 6.07) is 13.6. The third-order valence-corrected chi connectivity index (χ3v) is 4.37. The van der Waals surface area contributed by atoms with E-state index in [-0.39, 0.29) is 0 Å². The highest BCUT2D eigenvalue weighted by Gasteiger charge is 2.22. The Morgan fingerprint density at radius 3 is 2.62 bits per heavy atom. The van der Waals surface area contributed by atoms with Gasteiger partial charge in [0.2, 0.25) is 0 Å². The molecule has 0 spiro atoms. The Hall–Kier alpha value is -1.96. The molecular weight excluding hydrogens is 258 g/mol. The summed E-state index contributed by atoms with van der Waals surface area (Å²) in [5.41, 5.74) is 6.64. The monoisotopic (exact) mass is 281 g/mol. The van der Waals surface area contributed by atoms with Gasteiger partial charge in [0.15, 0.2) is 0 Å². The van der Waals surface area contributed by atoms with Crippen LogP contribution in [0.5, 0.6) is 5.75 Å². The van der Waals surface area contributed by atoms with Crippen molar-refractivity contribution >= 4 is 5.69 Å². The van der Waals surface area contributed by atoms with E-state index in [1.54, 1.807) is 7.11 Å².